The summed E-state index contributed by atoms with van der Waals surface area (Å²) >= 11 is 0. The summed E-state index contributed by atoms with van der Waals surface area (Å²) in [6.07, 6.45) is 13.0. The summed E-state index contributed by atoms with van der Waals surface area (Å²) in [4.78, 5) is 12.5. The number of esters is 1. The fourth-order valence-corrected chi connectivity index (χ4v) is 9.86. The van der Waals surface area contributed by atoms with Crippen LogP contribution in [-0.4, -0.2) is 34.0 Å². The van der Waals surface area contributed by atoms with Gasteiger partial charge < -0.3 is 20.1 Å². The van der Waals surface area contributed by atoms with E-state index in [1.165, 1.54) is 63.5 Å². The number of carbonyl (C=O) groups excluding carboxylic acids is 1. The zero-order valence-electron chi connectivity index (χ0n) is 23.1. The van der Waals surface area contributed by atoms with E-state index in [-0.39, 0.29) is 35.6 Å². The van der Waals surface area contributed by atoms with E-state index in [0.717, 1.165) is 18.4 Å². The molecule has 5 nitrogen and oxygen atoms in total. The zero-order valence-corrected chi connectivity index (χ0v) is 23.1. The molecule has 3 N–H and O–H groups in total. The lowest BCUT2D eigenvalue weighted by atomic mass is 9.44. The van der Waals surface area contributed by atoms with Gasteiger partial charge in [-0.3, -0.25) is 4.79 Å². The first-order valence-electron chi connectivity index (χ1n) is 15.0. The van der Waals surface area contributed by atoms with Crippen molar-refractivity contribution in [3.8, 4) is 11.5 Å². The van der Waals surface area contributed by atoms with E-state index in [1.54, 1.807) is 6.07 Å². The van der Waals surface area contributed by atoms with Crippen molar-refractivity contribution < 1.29 is 24.9 Å². The second kappa shape index (κ2) is 10.4. The number of phenolic OH excluding ortho intramolecular Hbond substituents is 2. The van der Waals surface area contributed by atoms with Crippen molar-refractivity contribution in [1.82, 2.24) is 0 Å². The maximum Gasteiger partial charge on any atom is 0.305 e. The molecule has 0 radical (unpaired) electrons. The van der Waals surface area contributed by atoms with E-state index in [9.17, 15) is 20.1 Å². The number of rotatable bonds is 7. The van der Waals surface area contributed by atoms with Gasteiger partial charge in [0.05, 0.1) is 12.7 Å². The molecule has 9 atom stereocenters. The van der Waals surface area contributed by atoms with Crippen LogP contribution in [0.25, 0.3) is 0 Å². The predicted molar refractivity (Wildman–Crippen MR) is 144 cm³/mol. The van der Waals surface area contributed by atoms with Gasteiger partial charge in [-0.05, 0) is 115 Å². The number of benzene rings is 1. The number of hydrogen-bond acceptors (Lipinski definition) is 5. The van der Waals surface area contributed by atoms with Crippen LogP contribution in [0.2, 0.25) is 0 Å². The van der Waals surface area contributed by atoms with E-state index >= 15 is 0 Å². The van der Waals surface area contributed by atoms with Crippen molar-refractivity contribution in [3.05, 3.63) is 23.8 Å². The molecule has 0 heterocycles. The number of aliphatic hydroxyl groups excluding tert-OH is 1. The average molecular weight is 513 g/mol. The lowest BCUT2D eigenvalue weighted by molar-refractivity contribution is -0.164. The van der Waals surface area contributed by atoms with Crippen molar-refractivity contribution in [1.29, 1.82) is 0 Å². The molecule has 4 fully saturated rings. The summed E-state index contributed by atoms with van der Waals surface area (Å²) in [6, 6.07) is 4.70. The summed E-state index contributed by atoms with van der Waals surface area (Å²) in [5, 5.41) is 30.5. The smallest absolute Gasteiger partial charge is 0.305 e. The number of carbonyl (C=O) groups is 1. The topological polar surface area (TPSA) is 87.0 Å². The average Bonchev–Trinajstić information content (AvgIpc) is 3.22. The van der Waals surface area contributed by atoms with Crippen LogP contribution in [0.4, 0.5) is 0 Å². The van der Waals surface area contributed by atoms with Gasteiger partial charge in [0.15, 0.2) is 11.5 Å². The summed E-state index contributed by atoms with van der Waals surface area (Å²) in [7, 11) is 0. The summed E-state index contributed by atoms with van der Waals surface area (Å²) < 4.78 is 5.49. The highest BCUT2D eigenvalue weighted by molar-refractivity contribution is 5.69. The Labute approximate surface area is 223 Å². The Bertz CT molecular complexity index is 976. The molecule has 0 saturated heterocycles. The molecule has 0 amide bonds. The Hall–Kier alpha value is -1.75. The molecule has 4 aliphatic rings. The van der Waals surface area contributed by atoms with Crippen molar-refractivity contribution >= 4 is 5.97 Å². The van der Waals surface area contributed by atoms with Gasteiger partial charge in [0, 0.05) is 12.8 Å². The fourth-order valence-electron chi connectivity index (χ4n) is 9.86. The van der Waals surface area contributed by atoms with Crippen LogP contribution in [0.3, 0.4) is 0 Å². The Morgan fingerprint density at radius 1 is 1.03 bits per heavy atom. The Morgan fingerprint density at radius 2 is 1.81 bits per heavy atom. The first kappa shape index (κ1) is 26.8. The number of phenols is 2. The van der Waals surface area contributed by atoms with Crippen LogP contribution in [0, 0.1) is 46.3 Å². The molecule has 5 heteroatoms. The molecule has 1 aromatic carbocycles. The number of aliphatic hydroxyl groups is 1. The first-order valence-corrected chi connectivity index (χ1v) is 15.0. The quantitative estimate of drug-likeness (QED) is 0.282. The third-order valence-electron chi connectivity index (χ3n) is 11.9. The molecular formula is C32H48O5. The molecule has 0 spiro atoms. The van der Waals surface area contributed by atoms with Crippen LogP contribution in [0.1, 0.15) is 97.0 Å². The molecular weight excluding hydrogens is 464 g/mol. The first-order chi connectivity index (χ1) is 17.6. The molecule has 1 aromatic rings. The maximum atomic E-state index is 12.5. The number of aromatic hydroxyl groups is 2. The van der Waals surface area contributed by atoms with E-state index in [1.807, 2.05) is 0 Å². The summed E-state index contributed by atoms with van der Waals surface area (Å²) in [5.74, 6) is 3.09. The van der Waals surface area contributed by atoms with Gasteiger partial charge in [-0.2, -0.15) is 0 Å². The molecule has 2 unspecified atom stereocenters. The monoisotopic (exact) mass is 512 g/mol. The number of hydrogen-bond donors (Lipinski definition) is 3. The van der Waals surface area contributed by atoms with Gasteiger partial charge in [0.1, 0.15) is 0 Å². The minimum Gasteiger partial charge on any atom is -0.504 e. The van der Waals surface area contributed by atoms with Gasteiger partial charge in [-0.1, -0.05) is 39.7 Å². The molecule has 206 valence electrons. The van der Waals surface area contributed by atoms with Crippen LogP contribution in [0.15, 0.2) is 18.2 Å². The fraction of sp³-hybridized carbons (Fsp3) is 0.781. The second-order valence-corrected chi connectivity index (χ2v) is 13.6. The normalized spacial score (nSPS) is 39.8. The highest BCUT2D eigenvalue weighted by Gasteiger charge is 2.62. The molecule has 5 rings (SSSR count). The van der Waals surface area contributed by atoms with Crippen LogP contribution in [-0.2, 0) is 16.0 Å². The van der Waals surface area contributed by atoms with Gasteiger partial charge >= 0.3 is 5.97 Å². The van der Waals surface area contributed by atoms with Crippen LogP contribution < -0.4 is 0 Å². The third-order valence-corrected chi connectivity index (χ3v) is 11.9. The lowest BCUT2D eigenvalue weighted by Gasteiger charge is -2.62. The Balaban J connectivity index is 1.15. The van der Waals surface area contributed by atoms with Crippen molar-refractivity contribution in [2.24, 2.45) is 46.3 Å². The van der Waals surface area contributed by atoms with Gasteiger partial charge in [-0.15, -0.1) is 0 Å². The number of fused-ring (bicyclic) bond motifs is 5. The summed E-state index contributed by atoms with van der Waals surface area (Å²) in [5.41, 5.74) is 1.52. The molecule has 4 aliphatic carbocycles. The van der Waals surface area contributed by atoms with Crippen molar-refractivity contribution in [2.45, 2.75) is 104 Å². The van der Waals surface area contributed by atoms with Crippen LogP contribution in [0.5, 0.6) is 11.5 Å². The second-order valence-electron chi connectivity index (χ2n) is 13.6. The Morgan fingerprint density at radius 3 is 2.59 bits per heavy atom. The third kappa shape index (κ3) is 4.90. The minimum atomic E-state index is -0.155. The zero-order chi connectivity index (χ0) is 26.4. The number of ether oxygens (including phenoxy) is 1. The SMILES string of the molecule is C[C@H](CCC(=O)OCCc1ccc(O)c(O)c1)[C@H]1CCC2[C@H]3C(CC[C@@]21C)[C@@]1(C)CCCC[C@H]1C[C@@H]3O. The lowest BCUT2D eigenvalue weighted by Crippen LogP contribution is -2.57. The van der Waals surface area contributed by atoms with Gasteiger partial charge in [-0.25, -0.2) is 0 Å². The van der Waals surface area contributed by atoms with Gasteiger partial charge in [0.25, 0.3) is 0 Å². The van der Waals surface area contributed by atoms with Crippen molar-refractivity contribution in [2.75, 3.05) is 6.61 Å². The summed E-state index contributed by atoms with van der Waals surface area (Å²) in [6.45, 7) is 7.68. The van der Waals surface area contributed by atoms with Gasteiger partial charge in [0.2, 0.25) is 0 Å². The van der Waals surface area contributed by atoms with E-state index in [2.05, 4.69) is 20.8 Å². The standard InChI is InChI=1S/C32H48O5/c1-20(7-12-29(36)37-17-14-21-8-11-26(33)27(34)18-21)23-9-10-24-30-25(13-16-32(23,24)3)31(2)15-5-4-6-22(31)19-28(30)35/h8,11,18,20,22-25,28,30,33-35H,4-7,9-10,12-17,19H2,1-3H3/t20-,22+,23-,24?,25?,28+,30+,31+,32-/m1/s1. The predicted octanol–water partition coefficient (Wildman–Crippen LogP) is 6.62. The molecule has 37 heavy (non-hydrogen) atoms. The van der Waals surface area contributed by atoms with E-state index < -0.39 is 0 Å². The molecule has 0 bridgehead atoms. The maximum absolute atomic E-state index is 12.5. The molecule has 0 aromatic heterocycles. The molecule has 0 aliphatic heterocycles. The highest BCUT2D eigenvalue weighted by atomic mass is 16.5. The van der Waals surface area contributed by atoms with E-state index in [4.69, 9.17) is 4.74 Å². The minimum absolute atomic E-state index is 0.134. The van der Waals surface area contributed by atoms with Crippen molar-refractivity contribution in [3.63, 3.8) is 0 Å². The van der Waals surface area contributed by atoms with Crippen LogP contribution >= 0.6 is 0 Å². The Kier molecular flexibility index (Phi) is 7.57. The molecule has 4 saturated carbocycles. The van der Waals surface area contributed by atoms with E-state index in [0.29, 0.717) is 53.8 Å². The largest absolute Gasteiger partial charge is 0.504 e. The highest BCUT2D eigenvalue weighted by Crippen LogP contribution is 2.68.